The standard InChI is InChI=1S/C19H16BrNO2/c1-13(19(22)23-2)18(14-8-4-3-5-9-14)16(12-21)15-10-6-7-11-17(15)20/h3-11,16,18H,1H2,2H3. The highest BCUT2D eigenvalue weighted by molar-refractivity contribution is 9.10. The highest BCUT2D eigenvalue weighted by atomic mass is 79.9. The molecule has 2 atom stereocenters. The lowest BCUT2D eigenvalue weighted by molar-refractivity contribution is -0.136. The third kappa shape index (κ3) is 3.69. The Labute approximate surface area is 144 Å². The number of rotatable bonds is 5. The maximum atomic E-state index is 12.0. The molecule has 0 saturated heterocycles. The molecule has 0 N–H and O–H groups in total. The average molecular weight is 370 g/mol. The maximum Gasteiger partial charge on any atom is 0.333 e. The zero-order valence-electron chi connectivity index (χ0n) is 12.7. The number of methoxy groups -OCH3 is 1. The largest absolute Gasteiger partial charge is 0.466 e. The fourth-order valence-electron chi connectivity index (χ4n) is 2.56. The van der Waals surface area contributed by atoms with Gasteiger partial charge in [0.15, 0.2) is 0 Å². The second kappa shape index (κ2) is 7.75. The first-order chi connectivity index (χ1) is 11.1. The van der Waals surface area contributed by atoms with Gasteiger partial charge >= 0.3 is 5.97 Å². The van der Waals surface area contributed by atoms with Gasteiger partial charge in [0.05, 0.1) is 19.1 Å². The van der Waals surface area contributed by atoms with Crippen LogP contribution in [0.3, 0.4) is 0 Å². The van der Waals surface area contributed by atoms with Gasteiger partial charge in [-0.2, -0.15) is 5.26 Å². The van der Waals surface area contributed by atoms with E-state index in [1.165, 1.54) is 7.11 Å². The third-order valence-electron chi connectivity index (χ3n) is 3.69. The number of nitriles is 1. The van der Waals surface area contributed by atoms with Gasteiger partial charge in [0.25, 0.3) is 0 Å². The molecule has 2 rings (SSSR count). The molecule has 4 heteroatoms. The van der Waals surface area contributed by atoms with Gasteiger partial charge in [-0.3, -0.25) is 0 Å². The first-order valence-electron chi connectivity index (χ1n) is 7.06. The highest BCUT2D eigenvalue weighted by Gasteiger charge is 2.32. The van der Waals surface area contributed by atoms with Crippen LogP contribution in [0, 0.1) is 11.3 Å². The Hall–Kier alpha value is -2.38. The molecule has 2 unspecified atom stereocenters. The van der Waals surface area contributed by atoms with Crippen LogP contribution in [0.15, 0.2) is 71.2 Å². The van der Waals surface area contributed by atoms with Crippen molar-refractivity contribution in [3.63, 3.8) is 0 Å². The number of hydrogen-bond acceptors (Lipinski definition) is 3. The van der Waals surface area contributed by atoms with E-state index in [1.54, 1.807) is 0 Å². The predicted molar refractivity (Wildman–Crippen MR) is 92.8 cm³/mol. The summed E-state index contributed by atoms with van der Waals surface area (Å²) in [5.41, 5.74) is 1.93. The summed E-state index contributed by atoms with van der Waals surface area (Å²) >= 11 is 3.48. The fraction of sp³-hybridized carbons (Fsp3) is 0.158. The zero-order valence-corrected chi connectivity index (χ0v) is 14.3. The van der Waals surface area contributed by atoms with Crippen molar-refractivity contribution < 1.29 is 9.53 Å². The van der Waals surface area contributed by atoms with Crippen LogP contribution in [0.25, 0.3) is 0 Å². The molecule has 0 fully saturated rings. The first-order valence-corrected chi connectivity index (χ1v) is 7.85. The molecule has 0 aliphatic heterocycles. The number of carbonyl (C=O) groups is 1. The Balaban J connectivity index is 2.56. The lowest BCUT2D eigenvalue weighted by Crippen LogP contribution is -2.19. The quantitative estimate of drug-likeness (QED) is 0.572. The van der Waals surface area contributed by atoms with Crippen LogP contribution in [0.1, 0.15) is 23.0 Å². The van der Waals surface area contributed by atoms with Crippen LogP contribution in [-0.2, 0) is 9.53 Å². The van der Waals surface area contributed by atoms with Gasteiger partial charge in [-0.05, 0) is 17.2 Å². The molecule has 116 valence electrons. The summed E-state index contributed by atoms with van der Waals surface area (Å²) < 4.78 is 5.64. The van der Waals surface area contributed by atoms with Gasteiger partial charge in [0.1, 0.15) is 0 Å². The summed E-state index contributed by atoms with van der Waals surface area (Å²) in [6.45, 7) is 3.89. The van der Waals surface area contributed by atoms with Crippen molar-refractivity contribution >= 4 is 21.9 Å². The average Bonchev–Trinajstić information content (AvgIpc) is 2.60. The molecule has 2 aromatic rings. The molecule has 0 heterocycles. The molecule has 0 saturated carbocycles. The molecule has 0 spiro atoms. The maximum absolute atomic E-state index is 12.0. The van der Waals surface area contributed by atoms with Crippen molar-refractivity contribution in [1.29, 1.82) is 5.26 Å². The van der Waals surface area contributed by atoms with Crippen LogP contribution in [0.5, 0.6) is 0 Å². The summed E-state index contributed by atoms with van der Waals surface area (Å²) in [5.74, 6) is -1.54. The Bertz CT molecular complexity index is 749. The number of benzene rings is 2. The Morgan fingerprint density at radius 3 is 2.35 bits per heavy atom. The van der Waals surface area contributed by atoms with Crippen LogP contribution in [0.4, 0.5) is 0 Å². The van der Waals surface area contributed by atoms with Gasteiger partial charge < -0.3 is 4.74 Å². The number of ether oxygens (including phenoxy) is 1. The van der Waals surface area contributed by atoms with Crippen molar-refractivity contribution in [2.24, 2.45) is 0 Å². The van der Waals surface area contributed by atoms with Crippen molar-refractivity contribution in [3.8, 4) is 6.07 Å². The van der Waals surface area contributed by atoms with E-state index >= 15 is 0 Å². The van der Waals surface area contributed by atoms with Crippen LogP contribution >= 0.6 is 15.9 Å². The van der Waals surface area contributed by atoms with Crippen molar-refractivity contribution in [2.75, 3.05) is 7.11 Å². The summed E-state index contributed by atoms with van der Waals surface area (Å²) in [6, 6.07) is 19.2. The molecule has 0 aliphatic carbocycles. The zero-order chi connectivity index (χ0) is 16.8. The molecule has 0 amide bonds. The molecular formula is C19H16BrNO2. The minimum absolute atomic E-state index is 0.265. The summed E-state index contributed by atoms with van der Waals surface area (Å²) in [7, 11) is 1.31. The van der Waals surface area contributed by atoms with E-state index in [-0.39, 0.29) is 5.57 Å². The van der Waals surface area contributed by atoms with E-state index < -0.39 is 17.8 Å². The van der Waals surface area contributed by atoms with Crippen molar-refractivity contribution in [3.05, 3.63) is 82.3 Å². The second-order valence-electron chi connectivity index (χ2n) is 5.03. The fourth-order valence-corrected chi connectivity index (χ4v) is 3.10. The summed E-state index contributed by atoms with van der Waals surface area (Å²) in [5, 5.41) is 9.77. The van der Waals surface area contributed by atoms with E-state index in [2.05, 4.69) is 28.6 Å². The first kappa shape index (κ1) is 17.0. The molecule has 0 radical (unpaired) electrons. The van der Waals surface area contributed by atoms with Gasteiger partial charge in [-0.15, -0.1) is 0 Å². The normalized spacial score (nSPS) is 12.7. The predicted octanol–water partition coefficient (Wildman–Crippen LogP) is 4.57. The summed E-state index contributed by atoms with van der Waals surface area (Å²) in [6.07, 6.45) is 0. The number of halogens is 1. The minimum Gasteiger partial charge on any atom is -0.466 e. The lowest BCUT2D eigenvalue weighted by atomic mass is 9.78. The van der Waals surface area contributed by atoms with Gasteiger partial charge in [-0.25, -0.2) is 4.79 Å². The number of hydrogen-bond donors (Lipinski definition) is 0. The van der Waals surface area contributed by atoms with E-state index in [4.69, 9.17) is 4.74 Å². The molecular weight excluding hydrogens is 354 g/mol. The van der Waals surface area contributed by atoms with Gasteiger partial charge in [-0.1, -0.05) is 71.0 Å². The monoisotopic (exact) mass is 369 g/mol. The van der Waals surface area contributed by atoms with Crippen molar-refractivity contribution in [2.45, 2.75) is 11.8 Å². The third-order valence-corrected chi connectivity index (χ3v) is 4.42. The topological polar surface area (TPSA) is 50.1 Å². The molecule has 0 aliphatic rings. The number of carbonyl (C=O) groups excluding carboxylic acids is 1. The van der Waals surface area contributed by atoms with Gasteiger partial charge in [0.2, 0.25) is 0 Å². The Kier molecular flexibility index (Phi) is 5.72. The smallest absolute Gasteiger partial charge is 0.333 e. The van der Waals surface area contributed by atoms with Crippen LogP contribution in [0.2, 0.25) is 0 Å². The Morgan fingerprint density at radius 1 is 1.17 bits per heavy atom. The van der Waals surface area contributed by atoms with Crippen LogP contribution < -0.4 is 0 Å². The molecule has 3 nitrogen and oxygen atoms in total. The van der Waals surface area contributed by atoms with E-state index in [0.717, 1.165) is 15.6 Å². The van der Waals surface area contributed by atoms with Crippen molar-refractivity contribution in [1.82, 2.24) is 0 Å². The minimum atomic E-state index is -0.556. The molecule has 0 aromatic heterocycles. The Morgan fingerprint density at radius 2 is 1.78 bits per heavy atom. The second-order valence-corrected chi connectivity index (χ2v) is 5.89. The van der Waals surface area contributed by atoms with E-state index in [0.29, 0.717) is 0 Å². The van der Waals surface area contributed by atoms with E-state index in [1.807, 2.05) is 54.6 Å². The van der Waals surface area contributed by atoms with Crippen LogP contribution in [-0.4, -0.2) is 13.1 Å². The van der Waals surface area contributed by atoms with E-state index in [9.17, 15) is 10.1 Å². The molecule has 2 aromatic carbocycles. The molecule has 23 heavy (non-hydrogen) atoms. The number of nitrogens with zero attached hydrogens (tertiary/aromatic N) is 1. The lowest BCUT2D eigenvalue weighted by Gasteiger charge is -2.24. The summed E-state index contributed by atoms with van der Waals surface area (Å²) in [4.78, 5) is 12.0. The van der Waals surface area contributed by atoms with Gasteiger partial charge in [0, 0.05) is 16.0 Å². The molecule has 0 bridgehead atoms. The number of esters is 1. The SMILES string of the molecule is C=C(C(=O)OC)C(c1ccccc1)C(C#N)c1ccccc1Br. The highest BCUT2D eigenvalue weighted by Crippen LogP contribution is 2.40.